The van der Waals surface area contributed by atoms with Gasteiger partial charge >= 0.3 is 0 Å². The molecule has 1 saturated heterocycles. The summed E-state index contributed by atoms with van der Waals surface area (Å²) in [4.78, 5) is 2.60. The highest BCUT2D eigenvalue weighted by molar-refractivity contribution is 4.70. The number of hydrogen-bond donors (Lipinski definition) is 1. The Balaban J connectivity index is 2.20. The van der Waals surface area contributed by atoms with E-state index < -0.39 is 0 Å². The van der Waals surface area contributed by atoms with E-state index >= 15 is 0 Å². The average molecular weight is 198 g/mol. The maximum absolute atomic E-state index is 5.78. The lowest BCUT2D eigenvalue weighted by Crippen LogP contribution is -2.30. The van der Waals surface area contributed by atoms with E-state index in [0.717, 1.165) is 12.3 Å². The third kappa shape index (κ3) is 4.43. The van der Waals surface area contributed by atoms with Gasteiger partial charge in [-0.05, 0) is 58.2 Å². The molecule has 0 spiro atoms. The Bertz CT molecular complexity index is 145. The molecule has 1 heterocycles. The third-order valence-electron chi connectivity index (χ3n) is 3.42. The van der Waals surface area contributed by atoms with E-state index in [4.69, 9.17) is 5.73 Å². The molecule has 2 N–H and O–H groups in total. The van der Waals surface area contributed by atoms with Gasteiger partial charge in [0, 0.05) is 6.04 Å². The first-order valence-electron chi connectivity index (χ1n) is 6.20. The van der Waals surface area contributed by atoms with Crippen molar-refractivity contribution >= 4 is 0 Å². The molecule has 1 fully saturated rings. The van der Waals surface area contributed by atoms with E-state index in [0.29, 0.717) is 6.04 Å². The van der Waals surface area contributed by atoms with Crippen molar-refractivity contribution < 1.29 is 0 Å². The van der Waals surface area contributed by atoms with Crippen molar-refractivity contribution in [1.82, 2.24) is 4.90 Å². The SMILES string of the molecule is CCC1CCCN(CCC(C)N)CC1. The van der Waals surface area contributed by atoms with Crippen LogP contribution in [-0.2, 0) is 0 Å². The highest BCUT2D eigenvalue weighted by Crippen LogP contribution is 2.20. The quantitative estimate of drug-likeness (QED) is 0.750. The second kappa shape index (κ2) is 6.41. The van der Waals surface area contributed by atoms with Gasteiger partial charge in [0.05, 0.1) is 0 Å². The van der Waals surface area contributed by atoms with Crippen molar-refractivity contribution in [3.8, 4) is 0 Å². The Morgan fingerprint density at radius 2 is 2.14 bits per heavy atom. The molecule has 1 aliphatic heterocycles. The second-order valence-electron chi connectivity index (χ2n) is 4.81. The molecule has 0 aromatic heterocycles. The van der Waals surface area contributed by atoms with Crippen LogP contribution in [0.15, 0.2) is 0 Å². The van der Waals surface area contributed by atoms with Crippen LogP contribution in [0.5, 0.6) is 0 Å². The maximum atomic E-state index is 5.78. The van der Waals surface area contributed by atoms with Crippen LogP contribution in [0.1, 0.15) is 46.0 Å². The van der Waals surface area contributed by atoms with Gasteiger partial charge in [0.2, 0.25) is 0 Å². The summed E-state index contributed by atoms with van der Waals surface area (Å²) >= 11 is 0. The van der Waals surface area contributed by atoms with Gasteiger partial charge in [0.1, 0.15) is 0 Å². The molecule has 0 amide bonds. The first-order valence-corrected chi connectivity index (χ1v) is 6.20. The Morgan fingerprint density at radius 1 is 1.36 bits per heavy atom. The second-order valence-corrected chi connectivity index (χ2v) is 4.81. The van der Waals surface area contributed by atoms with Gasteiger partial charge in [-0.25, -0.2) is 0 Å². The molecule has 2 heteroatoms. The van der Waals surface area contributed by atoms with E-state index in [1.807, 2.05) is 0 Å². The molecule has 0 aromatic rings. The fourth-order valence-electron chi connectivity index (χ4n) is 2.24. The van der Waals surface area contributed by atoms with Crippen molar-refractivity contribution in [1.29, 1.82) is 0 Å². The predicted octanol–water partition coefficient (Wildman–Crippen LogP) is 2.24. The van der Waals surface area contributed by atoms with Gasteiger partial charge in [0.25, 0.3) is 0 Å². The average Bonchev–Trinajstić information content (AvgIpc) is 2.39. The number of likely N-dealkylation sites (tertiary alicyclic amines) is 1. The van der Waals surface area contributed by atoms with Crippen LogP contribution < -0.4 is 5.73 Å². The summed E-state index contributed by atoms with van der Waals surface area (Å²) in [5.74, 6) is 0.982. The molecule has 2 unspecified atom stereocenters. The van der Waals surface area contributed by atoms with Crippen LogP contribution in [-0.4, -0.2) is 30.6 Å². The molecule has 14 heavy (non-hydrogen) atoms. The summed E-state index contributed by atoms with van der Waals surface area (Å²) in [5, 5.41) is 0. The first kappa shape index (κ1) is 12.0. The van der Waals surface area contributed by atoms with Crippen LogP contribution in [0, 0.1) is 5.92 Å². The minimum atomic E-state index is 0.361. The molecule has 2 atom stereocenters. The fourth-order valence-corrected chi connectivity index (χ4v) is 2.24. The van der Waals surface area contributed by atoms with Crippen LogP contribution in [0.25, 0.3) is 0 Å². The zero-order chi connectivity index (χ0) is 10.4. The van der Waals surface area contributed by atoms with E-state index in [-0.39, 0.29) is 0 Å². The first-order chi connectivity index (χ1) is 6.72. The summed E-state index contributed by atoms with van der Waals surface area (Å²) in [6.07, 6.45) is 6.73. The van der Waals surface area contributed by atoms with Gasteiger partial charge in [-0.3, -0.25) is 0 Å². The normalized spacial score (nSPS) is 27.2. The maximum Gasteiger partial charge on any atom is 0.00226 e. The molecule has 1 rings (SSSR count). The Morgan fingerprint density at radius 3 is 2.79 bits per heavy atom. The zero-order valence-corrected chi connectivity index (χ0v) is 9.84. The molecule has 84 valence electrons. The van der Waals surface area contributed by atoms with Gasteiger partial charge in [-0.1, -0.05) is 13.3 Å². The highest BCUT2D eigenvalue weighted by Gasteiger charge is 2.15. The van der Waals surface area contributed by atoms with Crippen molar-refractivity contribution in [2.75, 3.05) is 19.6 Å². The van der Waals surface area contributed by atoms with Crippen LogP contribution in [0.3, 0.4) is 0 Å². The van der Waals surface area contributed by atoms with E-state index in [1.54, 1.807) is 0 Å². The lowest BCUT2D eigenvalue weighted by atomic mass is 9.98. The molecule has 0 saturated carbocycles. The van der Waals surface area contributed by atoms with Gasteiger partial charge in [0.15, 0.2) is 0 Å². The zero-order valence-electron chi connectivity index (χ0n) is 9.84. The lowest BCUT2D eigenvalue weighted by molar-refractivity contribution is 0.270. The Labute approximate surface area is 88.8 Å². The number of hydrogen-bond acceptors (Lipinski definition) is 2. The summed E-state index contributed by atoms with van der Waals surface area (Å²) in [6, 6.07) is 0.361. The molecular formula is C12H26N2. The van der Waals surface area contributed by atoms with Crippen LogP contribution in [0.4, 0.5) is 0 Å². The van der Waals surface area contributed by atoms with Gasteiger partial charge in [-0.2, -0.15) is 0 Å². The van der Waals surface area contributed by atoms with E-state index in [9.17, 15) is 0 Å². The molecule has 0 aliphatic carbocycles. The predicted molar refractivity (Wildman–Crippen MR) is 62.3 cm³/mol. The fraction of sp³-hybridized carbons (Fsp3) is 1.00. The molecule has 2 nitrogen and oxygen atoms in total. The molecule has 0 aromatic carbocycles. The summed E-state index contributed by atoms with van der Waals surface area (Å²) in [6.45, 7) is 8.22. The summed E-state index contributed by atoms with van der Waals surface area (Å²) in [5.41, 5.74) is 5.78. The third-order valence-corrected chi connectivity index (χ3v) is 3.42. The number of nitrogens with zero attached hydrogens (tertiary/aromatic N) is 1. The van der Waals surface area contributed by atoms with Crippen LogP contribution in [0.2, 0.25) is 0 Å². The monoisotopic (exact) mass is 198 g/mol. The standard InChI is InChI=1S/C12H26N2/c1-3-12-5-4-8-14(10-7-12)9-6-11(2)13/h11-12H,3-10,13H2,1-2H3. The largest absolute Gasteiger partial charge is 0.328 e. The van der Waals surface area contributed by atoms with Crippen LogP contribution >= 0.6 is 0 Å². The van der Waals surface area contributed by atoms with Gasteiger partial charge < -0.3 is 10.6 Å². The Kier molecular flexibility index (Phi) is 5.49. The summed E-state index contributed by atoms with van der Waals surface area (Å²) in [7, 11) is 0. The minimum Gasteiger partial charge on any atom is -0.328 e. The van der Waals surface area contributed by atoms with E-state index in [1.165, 1.54) is 45.3 Å². The van der Waals surface area contributed by atoms with Crippen molar-refractivity contribution in [2.45, 2.75) is 52.0 Å². The number of nitrogens with two attached hydrogens (primary N) is 1. The van der Waals surface area contributed by atoms with Crippen molar-refractivity contribution in [2.24, 2.45) is 11.7 Å². The van der Waals surface area contributed by atoms with E-state index in [2.05, 4.69) is 18.7 Å². The minimum absolute atomic E-state index is 0.361. The lowest BCUT2D eigenvalue weighted by Gasteiger charge is -2.20. The molecule has 0 bridgehead atoms. The van der Waals surface area contributed by atoms with Gasteiger partial charge in [-0.15, -0.1) is 0 Å². The smallest absolute Gasteiger partial charge is 0.00226 e. The topological polar surface area (TPSA) is 29.3 Å². The number of rotatable bonds is 4. The Hall–Kier alpha value is -0.0800. The molecular weight excluding hydrogens is 172 g/mol. The molecule has 1 aliphatic rings. The summed E-state index contributed by atoms with van der Waals surface area (Å²) < 4.78 is 0. The molecule has 0 radical (unpaired) electrons. The highest BCUT2D eigenvalue weighted by atomic mass is 15.1. The van der Waals surface area contributed by atoms with Crippen molar-refractivity contribution in [3.63, 3.8) is 0 Å². The van der Waals surface area contributed by atoms with Crippen molar-refractivity contribution in [3.05, 3.63) is 0 Å².